The van der Waals surface area contributed by atoms with Crippen LogP contribution in [0.4, 0.5) is 0 Å². The molecular weight excluding hydrogens is 214 g/mol. The van der Waals surface area contributed by atoms with Crippen molar-refractivity contribution in [2.24, 2.45) is 5.92 Å². The van der Waals surface area contributed by atoms with E-state index in [2.05, 4.69) is 17.2 Å². The van der Waals surface area contributed by atoms with Crippen molar-refractivity contribution in [3.8, 4) is 11.8 Å². The molecule has 1 amide bonds. The minimum absolute atomic E-state index is 0.0254. The van der Waals surface area contributed by atoms with E-state index in [1.54, 1.807) is 0 Å². The van der Waals surface area contributed by atoms with Crippen LogP contribution in [0.1, 0.15) is 19.4 Å². The molecule has 0 aliphatic heterocycles. The average Bonchev–Trinajstić information content (AvgIpc) is 2.36. The predicted octanol–water partition coefficient (Wildman–Crippen LogP) is 1.17. The second-order valence-electron chi connectivity index (χ2n) is 4.04. The van der Waals surface area contributed by atoms with Gasteiger partial charge in [0.15, 0.2) is 0 Å². The smallest absolute Gasteiger partial charge is 0.296 e. The van der Waals surface area contributed by atoms with Crippen molar-refractivity contribution in [2.45, 2.75) is 19.9 Å². The van der Waals surface area contributed by atoms with E-state index in [-0.39, 0.29) is 24.5 Å². The molecule has 0 bridgehead atoms. The van der Waals surface area contributed by atoms with Crippen molar-refractivity contribution in [1.82, 2.24) is 5.32 Å². The van der Waals surface area contributed by atoms with Gasteiger partial charge in [-0.3, -0.25) is 4.79 Å². The Bertz CT molecular complexity index is 417. The molecule has 3 nitrogen and oxygen atoms in total. The molecule has 0 saturated heterocycles. The van der Waals surface area contributed by atoms with Gasteiger partial charge >= 0.3 is 0 Å². The molecular formula is C14H17NO2. The van der Waals surface area contributed by atoms with Crippen LogP contribution < -0.4 is 5.32 Å². The van der Waals surface area contributed by atoms with Crippen LogP contribution >= 0.6 is 0 Å². The first-order chi connectivity index (χ1) is 8.13. The summed E-state index contributed by atoms with van der Waals surface area (Å²) in [5.41, 5.74) is 0.811. The third-order valence-corrected chi connectivity index (χ3v) is 2.59. The molecule has 0 spiro atoms. The van der Waals surface area contributed by atoms with Crippen LogP contribution in [0.3, 0.4) is 0 Å². The fourth-order valence-corrected chi connectivity index (χ4v) is 1.19. The van der Waals surface area contributed by atoms with Crippen molar-refractivity contribution >= 4 is 5.91 Å². The van der Waals surface area contributed by atoms with Crippen LogP contribution in [0.2, 0.25) is 0 Å². The van der Waals surface area contributed by atoms with E-state index in [1.807, 2.05) is 44.2 Å². The van der Waals surface area contributed by atoms with Gasteiger partial charge in [-0.05, 0) is 25.0 Å². The summed E-state index contributed by atoms with van der Waals surface area (Å²) in [4.78, 5) is 11.5. The number of hydrogen-bond acceptors (Lipinski definition) is 2. The van der Waals surface area contributed by atoms with Gasteiger partial charge in [0.05, 0.1) is 0 Å². The highest BCUT2D eigenvalue weighted by molar-refractivity contribution is 5.94. The summed E-state index contributed by atoms with van der Waals surface area (Å²) >= 11 is 0. The molecule has 0 saturated carbocycles. The molecule has 17 heavy (non-hydrogen) atoms. The lowest BCUT2D eigenvalue weighted by molar-refractivity contribution is -0.116. The van der Waals surface area contributed by atoms with E-state index in [0.29, 0.717) is 0 Å². The maximum Gasteiger partial charge on any atom is 0.296 e. The van der Waals surface area contributed by atoms with E-state index < -0.39 is 0 Å². The van der Waals surface area contributed by atoms with E-state index in [1.165, 1.54) is 0 Å². The van der Waals surface area contributed by atoms with Gasteiger partial charge in [-0.15, -0.1) is 0 Å². The number of hydrogen-bond donors (Lipinski definition) is 2. The lowest BCUT2D eigenvalue weighted by atomic mass is 10.1. The first-order valence-corrected chi connectivity index (χ1v) is 5.62. The molecule has 2 unspecified atom stereocenters. The molecule has 1 rings (SSSR count). The van der Waals surface area contributed by atoms with Crippen LogP contribution in [-0.4, -0.2) is 23.7 Å². The van der Waals surface area contributed by atoms with E-state index in [9.17, 15) is 4.79 Å². The minimum atomic E-state index is -0.318. The average molecular weight is 231 g/mol. The number of amides is 1. The standard InChI is InChI=1S/C14H17NO2/c1-11(10-16)12(2)15-14(17)9-8-13-6-4-3-5-7-13/h3-7,11-12,16H,10H2,1-2H3,(H,15,17). The van der Waals surface area contributed by atoms with Crippen LogP contribution in [0.5, 0.6) is 0 Å². The number of nitrogens with one attached hydrogen (secondary N) is 1. The number of rotatable bonds is 3. The number of carbonyl (C=O) groups is 1. The summed E-state index contributed by atoms with van der Waals surface area (Å²) in [5, 5.41) is 11.7. The Morgan fingerprint density at radius 2 is 2.00 bits per heavy atom. The van der Waals surface area contributed by atoms with Crippen molar-refractivity contribution < 1.29 is 9.90 Å². The summed E-state index contributed by atoms with van der Waals surface area (Å²) in [6.07, 6.45) is 0. The molecule has 2 atom stereocenters. The van der Waals surface area contributed by atoms with Crippen molar-refractivity contribution in [2.75, 3.05) is 6.61 Å². The maximum atomic E-state index is 11.5. The fraction of sp³-hybridized carbons (Fsp3) is 0.357. The second kappa shape index (κ2) is 6.72. The Hall–Kier alpha value is -1.79. The van der Waals surface area contributed by atoms with E-state index in [0.717, 1.165) is 5.56 Å². The number of benzene rings is 1. The predicted molar refractivity (Wildman–Crippen MR) is 67.2 cm³/mol. The summed E-state index contributed by atoms with van der Waals surface area (Å²) in [5.74, 6) is 5.02. The summed E-state index contributed by atoms with van der Waals surface area (Å²) in [6.45, 7) is 3.77. The normalized spacial score (nSPS) is 13.1. The number of aliphatic hydroxyl groups excluding tert-OH is 1. The molecule has 1 aromatic carbocycles. The Kier molecular flexibility index (Phi) is 5.25. The van der Waals surface area contributed by atoms with Gasteiger partial charge in [-0.2, -0.15) is 0 Å². The zero-order valence-electron chi connectivity index (χ0n) is 10.1. The fourth-order valence-electron chi connectivity index (χ4n) is 1.19. The maximum absolute atomic E-state index is 11.5. The van der Waals surface area contributed by atoms with E-state index >= 15 is 0 Å². The summed E-state index contributed by atoms with van der Waals surface area (Å²) in [7, 11) is 0. The number of aliphatic hydroxyl groups is 1. The summed E-state index contributed by atoms with van der Waals surface area (Å²) in [6, 6.07) is 9.25. The van der Waals surface area contributed by atoms with Crippen molar-refractivity contribution in [3.05, 3.63) is 35.9 Å². The van der Waals surface area contributed by atoms with Gasteiger partial charge in [-0.1, -0.05) is 31.0 Å². The second-order valence-corrected chi connectivity index (χ2v) is 4.04. The molecule has 2 N–H and O–H groups in total. The molecule has 0 fully saturated rings. The quantitative estimate of drug-likeness (QED) is 0.767. The van der Waals surface area contributed by atoms with Crippen molar-refractivity contribution in [3.63, 3.8) is 0 Å². The van der Waals surface area contributed by atoms with Gasteiger partial charge in [0.2, 0.25) is 0 Å². The molecule has 3 heteroatoms. The lowest BCUT2D eigenvalue weighted by Crippen LogP contribution is -2.37. The van der Waals surface area contributed by atoms with Gasteiger partial charge in [0.25, 0.3) is 5.91 Å². The van der Waals surface area contributed by atoms with Gasteiger partial charge in [0.1, 0.15) is 0 Å². The lowest BCUT2D eigenvalue weighted by Gasteiger charge is -2.17. The molecule has 0 radical (unpaired) electrons. The van der Waals surface area contributed by atoms with Crippen LogP contribution in [0.25, 0.3) is 0 Å². The van der Waals surface area contributed by atoms with Gasteiger partial charge in [0, 0.05) is 24.1 Å². The highest BCUT2D eigenvalue weighted by atomic mass is 16.3. The Morgan fingerprint density at radius 1 is 1.35 bits per heavy atom. The summed E-state index contributed by atoms with van der Waals surface area (Å²) < 4.78 is 0. The highest BCUT2D eigenvalue weighted by Crippen LogP contribution is 2.00. The zero-order chi connectivity index (χ0) is 12.7. The molecule has 0 aliphatic rings. The van der Waals surface area contributed by atoms with Gasteiger partial charge in [-0.25, -0.2) is 0 Å². The zero-order valence-corrected chi connectivity index (χ0v) is 10.1. The Morgan fingerprint density at radius 3 is 2.59 bits per heavy atom. The molecule has 0 aliphatic carbocycles. The Labute approximate surface area is 102 Å². The first-order valence-electron chi connectivity index (χ1n) is 5.62. The number of carbonyl (C=O) groups excluding carboxylic acids is 1. The largest absolute Gasteiger partial charge is 0.396 e. The monoisotopic (exact) mass is 231 g/mol. The van der Waals surface area contributed by atoms with Crippen molar-refractivity contribution in [1.29, 1.82) is 0 Å². The SMILES string of the molecule is CC(CO)C(C)NC(=O)C#Cc1ccccc1. The minimum Gasteiger partial charge on any atom is -0.396 e. The molecule has 1 aromatic rings. The Balaban J connectivity index is 2.53. The third kappa shape index (κ3) is 4.71. The van der Waals surface area contributed by atoms with E-state index in [4.69, 9.17) is 5.11 Å². The first kappa shape index (κ1) is 13.3. The highest BCUT2D eigenvalue weighted by Gasteiger charge is 2.12. The topological polar surface area (TPSA) is 49.3 Å². The van der Waals surface area contributed by atoms with Gasteiger partial charge < -0.3 is 10.4 Å². The molecule has 90 valence electrons. The third-order valence-electron chi connectivity index (χ3n) is 2.59. The molecule has 0 aromatic heterocycles. The molecule has 0 heterocycles. The van der Waals surface area contributed by atoms with Crippen LogP contribution in [0.15, 0.2) is 30.3 Å². The van der Waals surface area contributed by atoms with Crippen LogP contribution in [-0.2, 0) is 4.79 Å². The van der Waals surface area contributed by atoms with Crippen LogP contribution in [0, 0.1) is 17.8 Å².